The Kier molecular flexibility index (Phi) is 1.70. The molecule has 4 nitrogen and oxygen atoms in total. The summed E-state index contributed by atoms with van der Waals surface area (Å²) in [6.45, 7) is 0.624. The van der Waals surface area contributed by atoms with Crippen LogP contribution in [-0.2, 0) is 9.59 Å². The molecule has 0 bridgehead atoms. The van der Waals surface area contributed by atoms with Gasteiger partial charge in [0.25, 0.3) is 0 Å². The Hall–Kier alpha value is -1.15. The van der Waals surface area contributed by atoms with E-state index in [9.17, 15) is 9.59 Å². The lowest BCUT2D eigenvalue weighted by Gasteiger charge is -2.13. The highest BCUT2D eigenvalue weighted by molar-refractivity contribution is 5.80. The zero-order valence-corrected chi connectivity index (χ0v) is 6.69. The highest BCUT2D eigenvalue weighted by atomic mass is 16.2. The van der Waals surface area contributed by atoms with Gasteiger partial charge in [-0.2, -0.15) is 0 Å². The zero-order chi connectivity index (χ0) is 8.55. The van der Waals surface area contributed by atoms with Crippen molar-refractivity contribution in [2.24, 2.45) is 4.99 Å². The predicted octanol–water partition coefficient (Wildman–Crippen LogP) is 0.0855. The average molecular weight is 166 g/mol. The molecule has 1 saturated heterocycles. The van der Waals surface area contributed by atoms with Crippen molar-refractivity contribution >= 4 is 12.0 Å². The van der Waals surface area contributed by atoms with E-state index in [0.29, 0.717) is 19.0 Å². The van der Waals surface area contributed by atoms with E-state index in [1.807, 2.05) is 4.90 Å². The van der Waals surface area contributed by atoms with Gasteiger partial charge in [-0.05, 0) is 12.8 Å². The number of carbonyl (C=O) groups is 1. The van der Waals surface area contributed by atoms with Crippen molar-refractivity contribution in [3.8, 4) is 0 Å². The molecule has 0 aromatic carbocycles. The quantitative estimate of drug-likeness (QED) is 0.431. The van der Waals surface area contributed by atoms with Crippen LogP contribution < -0.4 is 0 Å². The van der Waals surface area contributed by atoms with Crippen LogP contribution in [0.2, 0.25) is 0 Å². The van der Waals surface area contributed by atoms with E-state index >= 15 is 0 Å². The Morgan fingerprint density at radius 2 is 2.25 bits per heavy atom. The molecule has 2 fully saturated rings. The van der Waals surface area contributed by atoms with E-state index in [4.69, 9.17) is 0 Å². The lowest BCUT2D eigenvalue weighted by atomic mass is 10.3. The molecule has 0 spiro atoms. The number of carbonyl (C=O) groups excluding carboxylic acids is 2. The first-order valence-corrected chi connectivity index (χ1v) is 4.17. The summed E-state index contributed by atoms with van der Waals surface area (Å²) < 4.78 is 0. The average Bonchev–Trinajstić information content (AvgIpc) is 2.79. The van der Waals surface area contributed by atoms with Crippen LogP contribution in [0.15, 0.2) is 4.99 Å². The molecular formula is C8H10N2O2. The minimum absolute atomic E-state index is 0.129. The van der Waals surface area contributed by atoms with Crippen LogP contribution in [0.5, 0.6) is 0 Å². The summed E-state index contributed by atoms with van der Waals surface area (Å²) in [5.74, 6) is 0.140. The van der Waals surface area contributed by atoms with E-state index in [1.54, 1.807) is 0 Å². The van der Waals surface area contributed by atoms with E-state index in [-0.39, 0.29) is 11.9 Å². The molecule has 0 unspecified atom stereocenters. The summed E-state index contributed by atoms with van der Waals surface area (Å²) >= 11 is 0. The lowest BCUT2D eigenvalue weighted by Crippen LogP contribution is -2.27. The molecule has 1 aliphatic heterocycles. The third-order valence-electron chi connectivity index (χ3n) is 2.36. The van der Waals surface area contributed by atoms with Gasteiger partial charge in [-0.15, -0.1) is 0 Å². The summed E-state index contributed by atoms with van der Waals surface area (Å²) in [6, 6.07) is 0.319. The lowest BCUT2D eigenvalue weighted by molar-refractivity contribution is -0.128. The summed E-state index contributed by atoms with van der Waals surface area (Å²) in [5, 5.41) is 0. The van der Waals surface area contributed by atoms with Crippen molar-refractivity contribution in [1.82, 2.24) is 4.90 Å². The normalized spacial score (nSPS) is 28.8. The molecule has 12 heavy (non-hydrogen) atoms. The summed E-state index contributed by atoms with van der Waals surface area (Å²) in [7, 11) is 0. The first-order valence-electron chi connectivity index (χ1n) is 4.17. The second-order valence-corrected chi connectivity index (χ2v) is 3.36. The van der Waals surface area contributed by atoms with Crippen LogP contribution in [0.25, 0.3) is 0 Å². The number of nitrogens with zero attached hydrogens (tertiary/aromatic N) is 2. The molecule has 2 rings (SSSR count). The molecule has 0 aromatic heterocycles. The van der Waals surface area contributed by atoms with Gasteiger partial charge in [-0.25, -0.2) is 9.79 Å². The van der Waals surface area contributed by atoms with Crippen molar-refractivity contribution in [1.29, 1.82) is 0 Å². The first-order chi connectivity index (χ1) is 5.81. The Bertz CT molecular complexity index is 254. The maximum Gasteiger partial charge on any atom is 0.235 e. The van der Waals surface area contributed by atoms with Gasteiger partial charge in [-0.1, -0.05) is 0 Å². The summed E-state index contributed by atoms with van der Waals surface area (Å²) in [5.41, 5.74) is 0. The minimum Gasteiger partial charge on any atom is -0.337 e. The molecule has 2 aliphatic rings. The SMILES string of the molecule is O=C=N[C@@H]1CC(=O)N(C2CC2)C1. The monoisotopic (exact) mass is 166 g/mol. The first kappa shape index (κ1) is 7.50. The fraction of sp³-hybridized carbons (Fsp3) is 0.750. The predicted molar refractivity (Wildman–Crippen MR) is 41.3 cm³/mol. The van der Waals surface area contributed by atoms with E-state index in [2.05, 4.69) is 4.99 Å². The van der Waals surface area contributed by atoms with Crippen LogP contribution in [0.4, 0.5) is 0 Å². The Labute approximate surface area is 70.3 Å². The van der Waals surface area contributed by atoms with Crippen molar-refractivity contribution in [3.63, 3.8) is 0 Å². The number of hydrogen-bond donors (Lipinski definition) is 0. The number of rotatable bonds is 2. The molecule has 1 amide bonds. The standard InChI is InChI=1S/C8H10N2O2/c11-5-9-6-3-8(12)10(4-6)7-1-2-7/h6-7H,1-4H2/t6-/m1/s1. The molecule has 1 heterocycles. The number of amides is 1. The molecule has 0 N–H and O–H groups in total. The molecular weight excluding hydrogens is 156 g/mol. The highest BCUT2D eigenvalue weighted by Gasteiger charge is 2.39. The zero-order valence-electron chi connectivity index (χ0n) is 6.69. The van der Waals surface area contributed by atoms with Gasteiger partial charge in [0.05, 0.1) is 12.5 Å². The maximum absolute atomic E-state index is 11.3. The fourth-order valence-corrected chi connectivity index (χ4v) is 1.61. The van der Waals surface area contributed by atoms with Crippen LogP contribution >= 0.6 is 0 Å². The molecule has 64 valence electrons. The minimum atomic E-state index is -0.129. The third-order valence-corrected chi connectivity index (χ3v) is 2.36. The summed E-state index contributed by atoms with van der Waals surface area (Å²) in [6.07, 6.45) is 4.13. The molecule has 1 saturated carbocycles. The number of likely N-dealkylation sites (tertiary alicyclic amines) is 1. The van der Waals surface area contributed by atoms with Gasteiger partial charge >= 0.3 is 0 Å². The van der Waals surface area contributed by atoms with E-state index in [1.165, 1.54) is 6.08 Å². The Morgan fingerprint density at radius 1 is 1.50 bits per heavy atom. The van der Waals surface area contributed by atoms with Crippen molar-refractivity contribution < 1.29 is 9.59 Å². The van der Waals surface area contributed by atoms with Gasteiger partial charge in [0.2, 0.25) is 12.0 Å². The smallest absolute Gasteiger partial charge is 0.235 e. The van der Waals surface area contributed by atoms with Crippen LogP contribution in [-0.4, -0.2) is 35.5 Å². The number of isocyanates is 1. The van der Waals surface area contributed by atoms with E-state index in [0.717, 1.165) is 12.8 Å². The second-order valence-electron chi connectivity index (χ2n) is 3.36. The van der Waals surface area contributed by atoms with Gasteiger partial charge in [0.1, 0.15) is 0 Å². The van der Waals surface area contributed by atoms with Gasteiger partial charge < -0.3 is 4.90 Å². The van der Waals surface area contributed by atoms with E-state index < -0.39 is 0 Å². The molecule has 4 heteroatoms. The fourth-order valence-electron chi connectivity index (χ4n) is 1.61. The second kappa shape index (κ2) is 2.72. The number of hydrogen-bond acceptors (Lipinski definition) is 3. The topological polar surface area (TPSA) is 49.7 Å². The highest BCUT2D eigenvalue weighted by Crippen LogP contribution is 2.31. The Morgan fingerprint density at radius 3 is 2.83 bits per heavy atom. The van der Waals surface area contributed by atoms with Gasteiger partial charge in [-0.3, -0.25) is 4.79 Å². The van der Waals surface area contributed by atoms with Crippen LogP contribution in [0, 0.1) is 0 Å². The largest absolute Gasteiger partial charge is 0.337 e. The van der Waals surface area contributed by atoms with Crippen LogP contribution in [0.3, 0.4) is 0 Å². The van der Waals surface area contributed by atoms with Gasteiger partial charge in [0, 0.05) is 12.6 Å². The maximum atomic E-state index is 11.3. The summed E-state index contributed by atoms with van der Waals surface area (Å²) in [4.78, 5) is 26.6. The Balaban J connectivity index is 2.01. The number of aliphatic imine (C=N–C) groups is 1. The van der Waals surface area contributed by atoms with Crippen molar-refractivity contribution in [2.45, 2.75) is 31.3 Å². The van der Waals surface area contributed by atoms with Crippen LogP contribution in [0.1, 0.15) is 19.3 Å². The molecule has 1 atom stereocenters. The third kappa shape index (κ3) is 1.25. The van der Waals surface area contributed by atoms with Gasteiger partial charge in [0.15, 0.2) is 0 Å². The molecule has 0 aromatic rings. The molecule has 1 aliphatic carbocycles. The molecule has 0 radical (unpaired) electrons. The van der Waals surface area contributed by atoms with Crippen molar-refractivity contribution in [2.75, 3.05) is 6.54 Å². The van der Waals surface area contributed by atoms with Crippen molar-refractivity contribution in [3.05, 3.63) is 0 Å².